The number of hydrogen-bond donors (Lipinski definition) is 2. The summed E-state index contributed by atoms with van der Waals surface area (Å²) in [7, 11) is 1.35. The molecule has 2 aromatic rings. The Kier molecular flexibility index (Phi) is 7.39. The van der Waals surface area contributed by atoms with Crippen LogP contribution in [0.4, 0.5) is 21.8 Å². The van der Waals surface area contributed by atoms with E-state index in [4.69, 9.17) is 27.9 Å². The molecule has 2 N–H and O–H groups in total. The Balaban J connectivity index is 1.78. The summed E-state index contributed by atoms with van der Waals surface area (Å²) in [5.41, 5.74) is -0.0315. The Morgan fingerprint density at radius 3 is 2.36 bits per heavy atom. The summed E-state index contributed by atoms with van der Waals surface area (Å²) in [5.74, 6) is -0.635. The minimum atomic E-state index is -0.548. The normalized spacial score (nSPS) is 17.8. The van der Waals surface area contributed by atoms with E-state index in [0.717, 1.165) is 6.20 Å². The van der Waals surface area contributed by atoms with E-state index in [2.05, 4.69) is 53.2 Å². The Morgan fingerprint density at radius 1 is 1.18 bits per heavy atom. The third-order valence-electron chi connectivity index (χ3n) is 5.56. The maximum absolute atomic E-state index is 14.6. The maximum atomic E-state index is 14.6. The van der Waals surface area contributed by atoms with Crippen molar-refractivity contribution in [2.24, 2.45) is 0 Å². The molecule has 0 unspecified atom stereocenters. The van der Waals surface area contributed by atoms with Gasteiger partial charge in [0.25, 0.3) is 0 Å². The average molecular weight is 496 g/mol. The Labute approximate surface area is 203 Å². The van der Waals surface area contributed by atoms with Crippen LogP contribution in [0.1, 0.15) is 40.5 Å². The lowest BCUT2D eigenvalue weighted by Crippen LogP contribution is -2.60. The van der Waals surface area contributed by atoms with E-state index in [-0.39, 0.29) is 28.9 Å². The molecule has 1 saturated heterocycles. The van der Waals surface area contributed by atoms with Gasteiger partial charge >= 0.3 is 5.97 Å². The monoisotopic (exact) mass is 495 g/mol. The van der Waals surface area contributed by atoms with Crippen LogP contribution in [0, 0.1) is 5.82 Å². The molecule has 1 aliphatic heterocycles. The SMILES string of the molecule is COC(=O)/C=C/N1C(C)(C)CC(Nc2nc(Nc3cc(Cl)cc(Cl)c3)ncc2F)CC1(C)C. The molecule has 1 aliphatic rings. The fourth-order valence-corrected chi connectivity index (χ4v) is 5.01. The first kappa shape index (κ1) is 25.1. The number of carbonyl (C=O) groups is 1. The van der Waals surface area contributed by atoms with Crippen molar-refractivity contribution in [3.8, 4) is 0 Å². The molecule has 0 saturated carbocycles. The van der Waals surface area contributed by atoms with Crippen LogP contribution >= 0.6 is 23.2 Å². The molecular formula is C23H28Cl2FN5O2. The summed E-state index contributed by atoms with van der Waals surface area (Å²) in [5, 5.41) is 7.17. The van der Waals surface area contributed by atoms with E-state index < -0.39 is 11.8 Å². The summed E-state index contributed by atoms with van der Waals surface area (Å²) < 4.78 is 19.3. The van der Waals surface area contributed by atoms with E-state index in [1.165, 1.54) is 13.2 Å². The van der Waals surface area contributed by atoms with Crippen molar-refractivity contribution in [3.63, 3.8) is 0 Å². The molecule has 1 aromatic heterocycles. The topological polar surface area (TPSA) is 79.4 Å². The number of piperidine rings is 1. The van der Waals surface area contributed by atoms with Gasteiger partial charge in [0, 0.05) is 45.1 Å². The van der Waals surface area contributed by atoms with Crippen molar-refractivity contribution in [1.82, 2.24) is 14.9 Å². The lowest BCUT2D eigenvalue weighted by atomic mass is 9.77. The molecule has 2 heterocycles. The fraction of sp³-hybridized carbons (Fsp3) is 0.435. The van der Waals surface area contributed by atoms with Crippen molar-refractivity contribution in [2.75, 3.05) is 17.7 Å². The maximum Gasteiger partial charge on any atom is 0.331 e. The Morgan fingerprint density at radius 2 is 1.79 bits per heavy atom. The zero-order valence-electron chi connectivity index (χ0n) is 19.2. The lowest BCUT2D eigenvalue weighted by molar-refractivity contribution is -0.135. The molecule has 7 nitrogen and oxygen atoms in total. The number of anilines is 3. The molecule has 0 spiro atoms. The number of benzene rings is 1. The molecule has 3 rings (SSSR count). The van der Waals surface area contributed by atoms with Gasteiger partial charge in [-0.25, -0.2) is 14.2 Å². The summed E-state index contributed by atoms with van der Waals surface area (Å²) in [6.45, 7) is 8.32. The summed E-state index contributed by atoms with van der Waals surface area (Å²) in [6, 6.07) is 4.91. The summed E-state index contributed by atoms with van der Waals surface area (Å²) in [6.07, 6.45) is 5.69. The third kappa shape index (κ3) is 6.26. The molecule has 10 heteroatoms. The van der Waals surface area contributed by atoms with Gasteiger partial charge in [-0.15, -0.1) is 0 Å². The molecule has 0 bridgehead atoms. The Bertz CT molecular complexity index is 1020. The van der Waals surface area contributed by atoms with Crippen LogP contribution < -0.4 is 10.6 Å². The highest BCUT2D eigenvalue weighted by atomic mass is 35.5. The van der Waals surface area contributed by atoms with Gasteiger partial charge in [-0.1, -0.05) is 23.2 Å². The number of aromatic nitrogens is 2. The summed E-state index contributed by atoms with van der Waals surface area (Å²) in [4.78, 5) is 22.1. The van der Waals surface area contributed by atoms with Crippen LogP contribution in [0.3, 0.4) is 0 Å². The zero-order valence-corrected chi connectivity index (χ0v) is 20.8. The molecule has 33 heavy (non-hydrogen) atoms. The quantitative estimate of drug-likeness (QED) is 0.387. The molecule has 1 fully saturated rings. The van der Waals surface area contributed by atoms with E-state index >= 15 is 0 Å². The molecule has 0 amide bonds. The smallest absolute Gasteiger partial charge is 0.331 e. The second-order valence-corrected chi connectivity index (χ2v) is 10.1. The van der Waals surface area contributed by atoms with Crippen molar-refractivity contribution in [1.29, 1.82) is 0 Å². The second kappa shape index (κ2) is 9.73. The largest absolute Gasteiger partial charge is 0.466 e. The number of carbonyl (C=O) groups excluding carboxylic acids is 1. The standard InChI is InChI=1S/C23H28Cl2FN5O2/c1-22(2)11-17(12-23(3,4)31(22)7-6-19(32)33-5)28-20-18(26)13-27-21(30-20)29-16-9-14(24)8-15(25)10-16/h6-10,13,17H,11-12H2,1-5H3,(H2,27,28,29,30)/b7-6+. The highest BCUT2D eigenvalue weighted by Gasteiger charge is 2.44. The summed E-state index contributed by atoms with van der Waals surface area (Å²) >= 11 is 12.1. The predicted octanol–water partition coefficient (Wildman–Crippen LogP) is 5.79. The number of likely N-dealkylation sites (tertiary alicyclic amines) is 1. The average Bonchev–Trinajstić information content (AvgIpc) is 2.67. The first-order chi connectivity index (χ1) is 15.4. The Hall–Kier alpha value is -2.58. The van der Waals surface area contributed by atoms with Gasteiger partial charge in [-0.2, -0.15) is 4.98 Å². The minimum absolute atomic E-state index is 0.0596. The van der Waals surface area contributed by atoms with Gasteiger partial charge in [-0.3, -0.25) is 0 Å². The van der Waals surface area contributed by atoms with Gasteiger partial charge in [0.15, 0.2) is 11.6 Å². The van der Waals surface area contributed by atoms with Crippen LogP contribution in [-0.4, -0.2) is 45.1 Å². The van der Waals surface area contributed by atoms with Crippen molar-refractivity contribution < 1.29 is 13.9 Å². The number of halogens is 3. The van der Waals surface area contributed by atoms with Crippen LogP contribution in [-0.2, 0) is 9.53 Å². The van der Waals surface area contributed by atoms with Gasteiger partial charge in [0.05, 0.1) is 13.3 Å². The highest BCUT2D eigenvalue weighted by molar-refractivity contribution is 6.35. The fourth-order valence-electron chi connectivity index (χ4n) is 4.48. The van der Waals surface area contributed by atoms with Crippen LogP contribution in [0.2, 0.25) is 10.0 Å². The molecular weight excluding hydrogens is 468 g/mol. The zero-order chi connectivity index (χ0) is 24.4. The molecule has 1 aromatic carbocycles. The van der Waals surface area contributed by atoms with Crippen molar-refractivity contribution in [2.45, 2.75) is 57.7 Å². The van der Waals surface area contributed by atoms with Crippen LogP contribution in [0.15, 0.2) is 36.7 Å². The van der Waals surface area contributed by atoms with Crippen molar-refractivity contribution in [3.05, 3.63) is 52.5 Å². The molecule has 0 radical (unpaired) electrons. The molecule has 0 atom stereocenters. The second-order valence-electron chi connectivity index (χ2n) is 9.26. The van der Waals surface area contributed by atoms with Crippen LogP contribution in [0.25, 0.3) is 0 Å². The number of rotatable bonds is 6. The first-order valence-electron chi connectivity index (χ1n) is 10.5. The van der Waals surface area contributed by atoms with E-state index in [1.54, 1.807) is 24.4 Å². The molecule has 0 aliphatic carbocycles. The van der Waals surface area contributed by atoms with Crippen molar-refractivity contribution >= 4 is 46.6 Å². The van der Waals surface area contributed by atoms with Gasteiger partial charge in [0.2, 0.25) is 5.95 Å². The highest BCUT2D eigenvalue weighted by Crippen LogP contribution is 2.40. The first-order valence-corrected chi connectivity index (χ1v) is 11.2. The minimum Gasteiger partial charge on any atom is -0.466 e. The lowest BCUT2D eigenvalue weighted by Gasteiger charge is -2.55. The number of ether oxygens (including phenoxy) is 1. The number of methoxy groups -OCH3 is 1. The van der Waals surface area contributed by atoms with E-state index in [9.17, 15) is 9.18 Å². The number of hydrogen-bond acceptors (Lipinski definition) is 7. The predicted molar refractivity (Wildman–Crippen MR) is 130 cm³/mol. The number of nitrogens with zero attached hydrogens (tertiary/aromatic N) is 3. The van der Waals surface area contributed by atoms with E-state index in [1.807, 2.05) is 0 Å². The third-order valence-corrected chi connectivity index (χ3v) is 6.00. The van der Waals surface area contributed by atoms with E-state index in [0.29, 0.717) is 28.6 Å². The van der Waals surface area contributed by atoms with Gasteiger partial charge < -0.3 is 20.3 Å². The number of esters is 1. The van der Waals surface area contributed by atoms with Gasteiger partial charge in [0.1, 0.15) is 0 Å². The van der Waals surface area contributed by atoms with Gasteiger partial charge in [-0.05, 0) is 58.7 Å². The van der Waals surface area contributed by atoms with Crippen LogP contribution in [0.5, 0.6) is 0 Å². The molecule has 178 valence electrons. The number of nitrogens with one attached hydrogen (secondary N) is 2.